The lowest BCUT2D eigenvalue weighted by atomic mass is 10.1. The summed E-state index contributed by atoms with van der Waals surface area (Å²) in [5.41, 5.74) is 2.25. The van der Waals surface area contributed by atoms with E-state index in [2.05, 4.69) is 11.0 Å². The molecule has 2 rings (SSSR count). The van der Waals surface area contributed by atoms with E-state index in [-0.39, 0.29) is 24.3 Å². The Morgan fingerprint density at radius 2 is 1.85 bits per heavy atom. The fraction of sp³-hybridized carbons (Fsp3) is 0.550. The highest BCUT2D eigenvalue weighted by Crippen LogP contribution is 2.16. The van der Waals surface area contributed by atoms with E-state index in [0.717, 1.165) is 5.69 Å². The van der Waals surface area contributed by atoms with Gasteiger partial charge in [0.05, 0.1) is 6.54 Å². The molecule has 3 amide bonds. The minimum atomic E-state index is -0.607. The molecule has 0 aromatic heterocycles. The van der Waals surface area contributed by atoms with Crippen LogP contribution in [0.1, 0.15) is 18.9 Å². The molecule has 0 saturated carbocycles. The predicted molar refractivity (Wildman–Crippen MR) is 106 cm³/mol. The summed E-state index contributed by atoms with van der Waals surface area (Å²) in [7, 11) is 5.30. The van der Waals surface area contributed by atoms with Crippen molar-refractivity contribution in [1.29, 1.82) is 0 Å². The van der Waals surface area contributed by atoms with Gasteiger partial charge in [0.2, 0.25) is 17.7 Å². The van der Waals surface area contributed by atoms with E-state index in [1.54, 1.807) is 23.9 Å². The van der Waals surface area contributed by atoms with E-state index in [9.17, 15) is 14.4 Å². The Morgan fingerprint density at radius 1 is 1.15 bits per heavy atom. The van der Waals surface area contributed by atoms with Gasteiger partial charge in [-0.2, -0.15) is 0 Å². The van der Waals surface area contributed by atoms with E-state index in [1.807, 2.05) is 32.2 Å². The van der Waals surface area contributed by atoms with Crippen molar-refractivity contribution in [2.45, 2.75) is 26.3 Å². The van der Waals surface area contributed by atoms with E-state index < -0.39 is 6.04 Å². The summed E-state index contributed by atoms with van der Waals surface area (Å²) in [6.45, 7) is 5.21. The predicted octanol–water partition coefficient (Wildman–Crippen LogP) is 0.969. The number of anilines is 1. The van der Waals surface area contributed by atoms with Crippen molar-refractivity contribution in [3.63, 3.8) is 0 Å². The van der Waals surface area contributed by atoms with Gasteiger partial charge in [0.25, 0.3) is 0 Å². The molecule has 7 heteroatoms. The molecule has 1 aromatic carbocycles. The van der Waals surface area contributed by atoms with E-state index >= 15 is 0 Å². The first kappa shape index (κ1) is 20.7. The molecule has 1 fully saturated rings. The number of hydrogen-bond donors (Lipinski definition) is 0. The third-order valence-corrected chi connectivity index (χ3v) is 4.97. The van der Waals surface area contributed by atoms with Crippen molar-refractivity contribution < 1.29 is 14.4 Å². The molecule has 0 radical (unpaired) electrons. The summed E-state index contributed by atoms with van der Waals surface area (Å²) >= 11 is 0. The smallest absolute Gasteiger partial charge is 0.246 e. The number of nitrogens with zero attached hydrogens (tertiary/aromatic N) is 4. The molecule has 0 aliphatic carbocycles. The molecule has 0 unspecified atom stereocenters. The summed E-state index contributed by atoms with van der Waals surface area (Å²) in [6, 6.07) is 7.54. The van der Waals surface area contributed by atoms with Gasteiger partial charge in [-0.25, -0.2) is 0 Å². The largest absolute Gasteiger partial charge is 0.374 e. The molecular weight excluding hydrogens is 344 g/mol. The number of piperazine rings is 1. The molecule has 0 spiro atoms. The lowest BCUT2D eigenvalue weighted by Gasteiger charge is -2.41. The van der Waals surface area contributed by atoms with Crippen LogP contribution in [0.25, 0.3) is 0 Å². The van der Waals surface area contributed by atoms with Crippen molar-refractivity contribution in [2.24, 2.45) is 0 Å². The topological polar surface area (TPSA) is 64.2 Å². The molecule has 1 aliphatic heterocycles. The van der Waals surface area contributed by atoms with Crippen molar-refractivity contribution in [3.05, 3.63) is 29.8 Å². The van der Waals surface area contributed by atoms with Gasteiger partial charge in [-0.05, 0) is 24.6 Å². The van der Waals surface area contributed by atoms with Crippen LogP contribution < -0.4 is 4.90 Å². The summed E-state index contributed by atoms with van der Waals surface area (Å²) in [5.74, 6) is -0.282. The second-order valence-electron chi connectivity index (χ2n) is 7.31. The third-order valence-electron chi connectivity index (χ3n) is 4.97. The molecule has 1 atom stereocenters. The molecule has 1 heterocycles. The van der Waals surface area contributed by atoms with Crippen LogP contribution in [0.15, 0.2) is 24.3 Å². The Kier molecular flexibility index (Phi) is 6.82. The van der Waals surface area contributed by atoms with Crippen molar-refractivity contribution in [1.82, 2.24) is 14.7 Å². The highest BCUT2D eigenvalue weighted by molar-refractivity contribution is 5.88. The molecule has 0 N–H and O–H groups in total. The Labute approximate surface area is 161 Å². The average molecular weight is 374 g/mol. The van der Waals surface area contributed by atoms with Crippen LogP contribution in [0.4, 0.5) is 5.69 Å². The standard InChI is InChI=1S/C20H30N4O3/c1-15-7-6-8-17(13-15)22(5)10-9-19(26)23-11-12-24(16(2)25)18(14-23)20(27)21(3)4/h6-8,13,18H,9-12,14H2,1-5H3/t18-/m0/s1. The molecule has 1 aliphatic rings. The molecule has 27 heavy (non-hydrogen) atoms. The average Bonchev–Trinajstić information content (AvgIpc) is 2.64. The second-order valence-corrected chi connectivity index (χ2v) is 7.31. The molecule has 0 bridgehead atoms. The number of hydrogen-bond acceptors (Lipinski definition) is 4. The Balaban J connectivity index is 1.97. The minimum absolute atomic E-state index is 0.00858. The monoisotopic (exact) mass is 374 g/mol. The van der Waals surface area contributed by atoms with Crippen LogP contribution in [-0.2, 0) is 14.4 Å². The number of aryl methyl sites for hydroxylation is 1. The van der Waals surface area contributed by atoms with Gasteiger partial charge < -0.3 is 19.6 Å². The fourth-order valence-corrected chi connectivity index (χ4v) is 3.31. The van der Waals surface area contributed by atoms with Crippen molar-refractivity contribution >= 4 is 23.4 Å². The normalized spacial score (nSPS) is 16.9. The van der Waals surface area contributed by atoms with Crippen molar-refractivity contribution in [2.75, 3.05) is 52.2 Å². The maximum Gasteiger partial charge on any atom is 0.246 e. The van der Waals surface area contributed by atoms with Crippen LogP contribution in [0.2, 0.25) is 0 Å². The number of carbonyl (C=O) groups excluding carboxylic acids is 3. The molecule has 148 valence electrons. The van der Waals surface area contributed by atoms with Gasteiger partial charge in [-0.1, -0.05) is 12.1 Å². The first-order valence-corrected chi connectivity index (χ1v) is 9.24. The summed E-state index contributed by atoms with van der Waals surface area (Å²) in [4.78, 5) is 43.8. The van der Waals surface area contributed by atoms with Crippen LogP contribution in [0.5, 0.6) is 0 Å². The molecular formula is C20H30N4O3. The van der Waals surface area contributed by atoms with Crippen LogP contribution in [0, 0.1) is 6.92 Å². The summed E-state index contributed by atoms with van der Waals surface area (Å²) in [6.07, 6.45) is 0.368. The number of rotatable bonds is 5. The fourth-order valence-electron chi connectivity index (χ4n) is 3.31. The number of likely N-dealkylation sites (N-methyl/N-ethyl adjacent to an activating group) is 1. The van der Waals surface area contributed by atoms with E-state index in [0.29, 0.717) is 26.1 Å². The van der Waals surface area contributed by atoms with E-state index in [4.69, 9.17) is 0 Å². The molecule has 7 nitrogen and oxygen atoms in total. The lowest BCUT2D eigenvalue weighted by Crippen LogP contribution is -2.61. The Hall–Kier alpha value is -2.57. The zero-order valence-electron chi connectivity index (χ0n) is 16.9. The summed E-state index contributed by atoms with van der Waals surface area (Å²) < 4.78 is 0. The van der Waals surface area contributed by atoms with Crippen molar-refractivity contribution in [3.8, 4) is 0 Å². The van der Waals surface area contributed by atoms with Crippen LogP contribution >= 0.6 is 0 Å². The van der Waals surface area contributed by atoms with Gasteiger partial charge in [0, 0.05) is 59.8 Å². The number of carbonyl (C=O) groups is 3. The zero-order chi connectivity index (χ0) is 20.1. The number of benzene rings is 1. The number of amides is 3. The first-order valence-electron chi connectivity index (χ1n) is 9.24. The maximum atomic E-state index is 12.7. The quantitative estimate of drug-likeness (QED) is 0.770. The van der Waals surface area contributed by atoms with Gasteiger partial charge in [-0.15, -0.1) is 0 Å². The second kappa shape index (κ2) is 8.88. The van der Waals surface area contributed by atoms with Crippen LogP contribution in [-0.4, -0.2) is 85.8 Å². The first-order chi connectivity index (χ1) is 12.7. The maximum absolute atomic E-state index is 12.7. The zero-order valence-corrected chi connectivity index (χ0v) is 16.9. The van der Waals surface area contributed by atoms with Gasteiger partial charge in [0.15, 0.2) is 0 Å². The van der Waals surface area contributed by atoms with Crippen LogP contribution in [0.3, 0.4) is 0 Å². The highest BCUT2D eigenvalue weighted by atomic mass is 16.2. The lowest BCUT2D eigenvalue weighted by molar-refractivity contribution is -0.150. The Bertz CT molecular complexity index is 704. The Morgan fingerprint density at radius 3 is 2.44 bits per heavy atom. The molecule has 1 saturated heterocycles. The third kappa shape index (κ3) is 5.21. The minimum Gasteiger partial charge on any atom is -0.374 e. The molecule has 1 aromatic rings. The summed E-state index contributed by atoms with van der Waals surface area (Å²) in [5, 5.41) is 0. The highest BCUT2D eigenvalue weighted by Gasteiger charge is 2.36. The SMILES string of the molecule is CC(=O)N1CCN(C(=O)CCN(C)c2cccc(C)c2)C[C@H]1C(=O)N(C)C. The van der Waals surface area contributed by atoms with E-state index in [1.165, 1.54) is 17.4 Å². The van der Waals surface area contributed by atoms with Gasteiger partial charge in [0.1, 0.15) is 6.04 Å². The van der Waals surface area contributed by atoms with Gasteiger partial charge in [-0.3, -0.25) is 14.4 Å². The van der Waals surface area contributed by atoms with Gasteiger partial charge >= 0.3 is 0 Å².